The van der Waals surface area contributed by atoms with Gasteiger partial charge < -0.3 is 5.11 Å². The Balaban J connectivity index is 3.25. The Kier molecular flexibility index (Phi) is 1.84. The lowest BCUT2D eigenvalue weighted by Gasteiger charge is -2.06. The van der Waals surface area contributed by atoms with Crippen LogP contribution in [0.1, 0.15) is 0 Å². The van der Waals surface area contributed by atoms with Crippen LogP contribution in [0.3, 0.4) is 0 Å². The highest BCUT2D eigenvalue weighted by molar-refractivity contribution is 6.42. The van der Waals surface area contributed by atoms with Gasteiger partial charge in [-0.05, 0) is 6.07 Å². The summed E-state index contributed by atoms with van der Waals surface area (Å²) < 4.78 is 0. The normalized spacial score (nSPS) is 9.56. The van der Waals surface area contributed by atoms with Gasteiger partial charge in [-0.2, -0.15) is 0 Å². The van der Waals surface area contributed by atoms with E-state index in [1.54, 1.807) is 12.1 Å². The predicted octanol–water partition coefficient (Wildman–Crippen LogP) is 2.07. The topological polar surface area (TPSA) is 23.1 Å². The van der Waals surface area contributed by atoms with Gasteiger partial charge in [-0.1, -0.05) is 41.1 Å². The molecule has 1 aromatic rings. The Morgan fingerprint density at radius 2 is 1.89 bits per heavy atom. The molecule has 9 heavy (non-hydrogen) atoms. The van der Waals surface area contributed by atoms with Gasteiger partial charge in [0, 0.05) is 0 Å². The van der Waals surface area contributed by atoms with Crippen LogP contribution >= 0.6 is 23.2 Å². The summed E-state index contributed by atoms with van der Waals surface area (Å²) in [6.07, 6.45) is 0. The smallest absolute Gasteiger partial charge is 0.0586 e. The summed E-state index contributed by atoms with van der Waals surface area (Å²) >= 11 is 10.9. The summed E-state index contributed by atoms with van der Waals surface area (Å²) in [7, 11) is 0. The van der Waals surface area contributed by atoms with E-state index in [2.05, 4.69) is 0 Å². The molecule has 3 heteroatoms. The van der Waals surface area contributed by atoms with E-state index in [-0.39, 0.29) is 10.8 Å². The van der Waals surface area contributed by atoms with Crippen molar-refractivity contribution in [3.8, 4) is 5.75 Å². The Labute approximate surface area is 62.8 Å². The first-order valence-electron chi connectivity index (χ1n) is 2.33. The molecule has 1 nitrogen and oxygen atoms in total. The molecule has 0 N–H and O–H groups in total. The van der Waals surface area contributed by atoms with Crippen LogP contribution in [0.4, 0.5) is 0 Å². The van der Waals surface area contributed by atoms with Crippen molar-refractivity contribution in [2.75, 3.05) is 0 Å². The largest absolute Gasteiger partial charge is 0.871 e. The second-order valence-electron chi connectivity index (χ2n) is 1.55. The van der Waals surface area contributed by atoms with Crippen molar-refractivity contribution >= 4 is 23.2 Å². The van der Waals surface area contributed by atoms with E-state index in [0.29, 0.717) is 5.02 Å². The maximum atomic E-state index is 10.6. The van der Waals surface area contributed by atoms with Crippen LogP contribution in [0.2, 0.25) is 10.0 Å². The Bertz CT molecular complexity index is 202. The van der Waals surface area contributed by atoms with Crippen molar-refractivity contribution in [1.82, 2.24) is 0 Å². The quantitative estimate of drug-likeness (QED) is 0.572. The lowest BCUT2D eigenvalue weighted by molar-refractivity contribution is -0.268. The van der Waals surface area contributed by atoms with Crippen LogP contribution in [0.15, 0.2) is 18.2 Å². The number of hydrogen-bond acceptors (Lipinski definition) is 1. The van der Waals surface area contributed by atoms with Gasteiger partial charge in [0.2, 0.25) is 0 Å². The molecule has 0 bridgehead atoms. The maximum absolute atomic E-state index is 10.6. The molecule has 0 aliphatic rings. The van der Waals surface area contributed by atoms with Gasteiger partial charge in [-0.3, -0.25) is 0 Å². The Morgan fingerprint density at radius 1 is 1.22 bits per heavy atom. The first kappa shape index (κ1) is 6.72. The summed E-state index contributed by atoms with van der Waals surface area (Å²) in [6.45, 7) is 0. The molecule has 0 amide bonds. The molecule has 0 radical (unpaired) electrons. The molecule has 0 atom stereocenters. The fourth-order valence-electron chi connectivity index (χ4n) is 0.484. The van der Waals surface area contributed by atoms with Gasteiger partial charge in [0.1, 0.15) is 0 Å². The van der Waals surface area contributed by atoms with Crippen molar-refractivity contribution < 1.29 is 5.11 Å². The minimum absolute atomic E-state index is 0.0965. The lowest BCUT2D eigenvalue weighted by atomic mass is 10.3. The van der Waals surface area contributed by atoms with E-state index in [4.69, 9.17) is 23.2 Å². The molecular formula is C6H3Cl2O-. The van der Waals surface area contributed by atoms with E-state index in [1.807, 2.05) is 0 Å². The fraction of sp³-hybridized carbons (Fsp3) is 0. The van der Waals surface area contributed by atoms with Crippen molar-refractivity contribution in [3.05, 3.63) is 28.2 Å². The van der Waals surface area contributed by atoms with Crippen LogP contribution in [0.5, 0.6) is 5.75 Å². The molecule has 1 rings (SSSR count). The van der Waals surface area contributed by atoms with Crippen LogP contribution in [0.25, 0.3) is 0 Å². The monoisotopic (exact) mass is 161 g/mol. The van der Waals surface area contributed by atoms with E-state index in [0.717, 1.165) is 0 Å². The zero-order valence-corrected chi connectivity index (χ0v) is 5.91. The van der Waals surface area contributed by atoms with E-state index in [9.17, 15) is 5.11 Å². The predicted molar refractivity (Wildman–Crippen MR) is 35.9 cm³/mol. The van der Waals surface area contributed by atoms with E-state index in [1.165, 1.54) is 6.07 Å². The van der Waals surface area contributed by atoms with E-state index < -0.39 is 0 Å². The van der Waals surface area contributed by atoms with Gasteiger partial charge in [0.25, 0.3) is 0 Å². The molecule has 0 spiro atoms. The summed E-state index contributed by atoms with van der Waals surface area (Å²) in [4.78, 5) is 0. The van der Waals surface area contributed by atoms with Crippen LogP contribution in [0, 0.1) is 0 Å². The van der Waals surface area contributed by atoms with Crippen molar-refractivity contribution in [1.29, 1.82) is 0 Å². The molecule has 0 heterocycles. The summed E-state index contributed by atoms with van der Waals surface area (Å²) in [6, 6.07) is 4.51. The SMILES string of the molecule is [O-]c1cccc(Cl)c1Cl. The first-order valence-corrected chi connectivity index (χ1v) is 3.08. The average molecular weight is 162 g/mol. The third-order valence-electron chi connectivity index (χ3n) is 0.916. The fourth-order valence-corrected chi connectivity index (χ4v) is 0.776. The second-order valence-corrected chi connectivity index (χ2v) is 2.34. The van der Waals surface area contributed by atoms with Gasteiger partial charge in [-0.25, -0.2) is 0 Å². The number of rotatable bonds is 0. The van der Waals surface area contributed by atoms with Gasteiger partial charge in [0.15, 0.2) is 0 Å². The third kappa shape index (κ3) is 1.29. The van der Waals surface area contributed by atoms with Crippen LogP contribution < -0.4 is 5.11 Å². The first-order chi connectivity index (χ1) is 4.22. The van der Waals surface area contributed by atoms with Gasteiger partial charge >= 0.3 is 0 Å². The minimum atomic E-state index is -0.232. The molecule has 0 unspecified atom stereocenters. The Hall–Kier alpha value is -0.400. The number of hydrogen-bond donors (Lipinski definition) is 0. The molecule has 0 aromatic heterocycles. The van der Waals surface area contributed by atoms with Gasteiger partial charge in [-0.15, -0.1) is 0 Å². The zero-order chi connectivity index (χ0) is 6.85. The Morgan fingerprint density at radius 3 is 2.33 bits per heavy atom. The van der Waals surface area contributed by atoms with Crippen LogP contribution in [-0.4, -0.2) is 0 Å². The molecular weight excluding hydrogens is 159 g/mol. The molecule has 0 aliphatic heterocycles. The third-order valence-corrected chi connectivity index (χ3v) is 1.72. The van der Waals surface area contributed by atoms with Crippen molar-refractivity contribution in [3.63, 3.8) is 0 Å². The summed E-state index contributed by atoms with van der Waals surface area (Å²) in [5.74, 6) is -0.232. The van der Waals surface area contributed by atoms with Gasteiger partial charge in [0.05, 0.1) is 10.0 Å². The van der Waals surface area contributed by atoms with Crippen LogP contribution in [-0.2, 0) is 0 Å². The second kappa shape index (κ2) is 2.46. The number of benzene rings is 1. The molecule has 0 saturated heterocycles. The lowest BCUT2D eigenvalue weighted by Crippen LogP contribution is -1.89. The highest BCUT2D eigenvalue weighted by Gasteiger charge is 1.92. The molecule has 0 aliphatic carbocycles. The highest BCUT2D eigenvalue weighted by atomic mass is 35.5. The minimum Gasteiger partial charge on any atom is -0.871 e. The molecule has 1 aromatic carbocycles. The summed E-state index contributed by atoms with van der Waals surface area (Å²) in [5, 5.41) is 11.0. The molecule has 48 valence electrons. The maximum Gasteiger partial charge on any atom is 0.0586 e. The average Bonchev–Trinajstić information content (AvgIpc) is 1.83. The molecule has 0 saturated carbocycles. The number of halogens is 2. The zero-order valence-electron chi connectivity index (χ0n) is 4.40. The van der Waals surface area contributed by atoms with Crippen molar-refractivity contribution in [2.24, 2.45) is 0 Å². The summed E-state index contributed by atoms with van der Waals surface area (Å²) in [5.41, 5.74) is 0. The highest BCUT2D eigenvalue weighted by Crippen LogP contribution is 2.27. The standard InChI is InChI=1S/C6H4Cl2O/c7-4-2-1-3-5(9)6(4)8/h1-3,9H/p-1. The van der Waals surface area contributed by atoms with E-state index >= 15 is 0 Å². The van der Waals surface area contributed by atoms with Crippen molar-refractivity contribution in [2.45, 2.75) is 0 Å². The molecule has 0 fully saturated rings.